The van der Waals surface area contributed by atoms with Crippen LogP contribution >= 0.6 is 0 Å². The molecule has 3 unspecified atom stereocenters. The summed E-state index contributed by atoms with van der Waals surface area (Å²) in [7, 11) is 0. The zero-order valence-electron chi connectivity index (χ0n) is 18.3. The van der Waals surface area contributed by atoms with Crippen LogP contribution in [0.3, 0.4) is 0 Å². The van der Waals surface area contributed by atoms with Crippen molar-refractivity contribution < 1.29 is 34.5 Å². The summed E-state index contributed by atoms with van der Waals surface area (Å²) >= 11 is 0. The van der Waals surface area contributed by atoms with Crippen molar-refractivity contribution in [2.24, 2.45) is 5.73 Å². The number of phenols is 1. The molecule has 0 aliphatic carbocycles. The third kappa shape index (κ3) is 8.19. The van der Waals surface area contributed by atoms with Gasteiger partial charge in [0.1, 0.15) is 23.9 Å². The van der Waals surface area contributed by atoms with Crippen LogP contribution in [0.4, 0.5) is 0 Å². The number of carbonyl (C=O) groups is 4. The molecular weight excluding hydrogens is 444 g/mol. The summed E-state index contributed by atoms with van der Waals surface area (Å²) in [6.07, 6.45) is 0.0213. The maximum absolute atomic E-state index is 12.8. The predicted octanol–water partition coefficient (Wildman–Crippen LogP) is -1.33. The van der Waals surface area contributed by atoms with E-state index in [1.54, 1.807) is 30.3 Å². The number of carbonyl (C=O) groups excluding carboxylic acids is 3. The highest BCUT2D eigenvalue weighted by molar-refractivity contribution is 5.93. The average molecular weight is 472 g/mol. The number of benzene rings is 2. The number of aromatic hydroxyl groups is 1. The number of carboxylic acid groups (broad SMARTS) is 1. The van der Waals surface area contributed by atoms with Crippen molar-refractivity contribution in [2.75, 3.05) is 13.2 Å². The first-order valence-electron chi connectivity index (χ1n) is 10.5. The number of nitrogens with two attached hydrogens (primary N) is 1. The molecule has 2 aromatic rings. The Kier molecular flexibility index (Phi) is 9.99. The van der Waals surface area contributed by atoms with Gasteiger partial charge in [-0.2, -0.15) is 0 Å². The van der Waals surface area contributed by atoms with Gasteiger partial charge in [0.05, 0.1) is 13.2 Å². The fraction of sp³-hybridized carbons (Fsp3) is 0.304. The standard InChI is InChI=1S/C23H28N4O7/c24-12-20(30)25-17(10-14-4-2-1-3-5-14)21(31)27-19(13-28)22(32)26-18(23(33)34)11-15-6-8-16(29)9-7-15/h1-9,17-19,28-29H,10-13,24H2,(H,25,30)(H,26,32)(H,27,31)(H,33,34). The topological polar surface area (TPSA) is 191 Å². The number of nitrogens with one attached hydrogen (secondary N) is 3. The number of hydrogen-bond donors (Lipinski definition) is 7. The van der Waals surface area contributed by atoms with Crippen LogP contribution in [0.1, 0.15) is 11.1 Å². The lowest BCUT2D eigenvalue weighted by Crippen LogP contribution is -2.58. The van der Waals surface area contributed by atoms with E-state index in [0.717, 1.165) is 5.56 Å². The number of amides is 3. The Morgan fingerprint density at radius 1 is 0.765 bits per heavy atom. The Bertz CT molecular complexity index is 983. The first-order chi connectivity index (χ1) is 16.2. The molecule has 3 atom stereocenters. The summed E-state index contributed by atoms with van der Waals surface area (Å²) in [6, 6.07) is 10.7. The summed E-state index contributed by atoms with van der Waals surface area (Å²) in [4.78, 5) is 48.9. The molecule has 0 aromatic heterocycles. The molecule has 8 N–H and O–H groups in total. The van der Waals surface area contributed by atoms with E-state index in [-0.39, 0.29) is 25.1 Å². The summed E-state index contributed by atoms with van der Waals surface area (Å²) in [6.45, 7) is -1.15. The van der Waals surface area contributed by atoms with Crippen LogP contribution in [0.5, 0.6) is 5.75 Å². The summed E-state index contributed by atoms with van der Waals surface area (Å²) < 4.78 is 0. The van der Waals surface area contributed by atoms with Gasteiger partial charge in [-0.3, -0.25) is 14.4 Å². The van der Waals surface area contributed by atoms with E-state index in [9.17, 15) is 34.5 Å². The molecule has 11 nitrogen and oxygen atoms in total. The highest BCUT2D eigenvalue weighted by Gasteiger charge is 2.29. The average Bonchev–Trinajstić information content (AvgIpc) is 2.83. The SMILES string of the molecule is NCC(=O)NC(Cc1ccccc1)C(=O)NC(CO)C(=O)NC(Cc1ccc(O)cc1)C(=O)O. The minimum atomic E-state index is -1.46. The zero-order valence-corrected chi connectivity index (χ0v) is 18.3. The molecule has 0 bridgehead atoms. The lowest BCUT2D eigenvalue weighted by molar-refractivity contribution is -0.142. The highest BCUT2D eigenvalue weighted by Crippen LogP contribution is 2.11. The van der Waals surface area contributed by atoms with Gasteiger partial charge in [0, 0.05) is 12.8 Å². The normalized spacial score (nSPS) is 13.2. The summed E-state index contributed by atoms with van der Waals surface area (Å²) in [5.74, 6) is -3.55. The van der Waals surface area contributed by atoms with Crippen LogP contribution in [0.15, 0.2) is 54.6 Å². The second-order valence-corrected chi connectivity index (χ2v) is 7.53. The molecule has 0 heterocycles. The Hall–Kier alpha value is -3.96. The second-order valence-electron chi connectivity index (χ2n) is 7.53. The molecule has 34 heavy (non-hydrogen) atoms. The molecule has 0 fully saturated rings. The van der Waals surface area contributed by atoms with Gasteiger partial charge >= 0.3 is 5.97 Å². The molecule has 0 spiro atoms. The maximum Gasteiger partial charge on any atom is 0.326 e. The predicted molar refractivity (Wildman–Crippen MR) is 122 cm³/mol. The third-order valence-electron chi connectivity index (χ3n) is 4.93. The van der Waals surface area contributed by atoms with E-state index in [1.807, 2.05) is 0 Å². The Labute approximate surface area is 196 Å². The maximum atomic E-state index is 12.8. The van der Waals surface area contributed by atoms with E-state index < -0.39 is 48.4 Å². The van der Waals surface area contributed by atoms with Crippen molar-refractivity contribution in [3.8, 4) is 5.75 Å². The van der Waals surface area contributed by atoms with Crippen molar-refractivity contribution in [3.63, 3.8) is 0 Å². The first-order valence-corrected chi connectivity index (χ1v) is 10.5. The van der Waals surface area contributed by atoms with Gasteiger partial charge in [0.15, 0.2) is 0 Å². The van der Waals surface area contributed by atoms with Gasteiger partial charge in [0.25, 0.3) is 0 Å². The van der Waals surface area contributed by atoms with E-state index in [4.69, 9.17) is 5.73 Å². The van der Waals surface area contributed by atoms with E-state index in [2.05, 4.69) is 16.0 Å². The summed E-state index contributed by atoms with van der Waals surface area (Å²) in [5.41, 5.74) is 6.61. The largest absolute Gasteiger partial charge is 0.508 e. The molecule has 0 saturated heterocycles. The molecule has 11 heteroatoms. The number of carboxylic acids is 1. The lowest BCUT2D eigenvalue weighted by atomic mass is 10.0. The molecule has 2 rings (SSSR count). The monoisotopic (exact) mass is 472 g/mol. The number of aliphatic hydroxyl groups is 1. The Morgan fingerprint density at radius 3 is 1.85 bits per heavy atom. The smallest absolute Gasteiger partial charge is 0.326 e. The van der Waals surface area contributed by atoms with Crippen LogP contribution in [0.25, 0.3) is 0 Å². The molecule has 2 aromatic carbocycles. The number of aliphatic carboxylic acids is 1. The molecule has 0 aliphatic heterocycles. The van der Waals surface area contributed by atoms with Crippen LogP contribution < -0.4 is 21.7 Å². The molecule has 0 saturated carbocycles. The molecule has 182 valence electrons. The van der Waals surface area contributed by atoms with Gasteiger partial charge in [-0.25, -0.2) is 4.79 Å². The van der Waals surface area contributed by atoms with Crippen molar-refractivity contribution in [2.45, 2.75) is 31.0 Å². The minimum Gasteiger partial charge on any atom is -0.508 e. The van der Waals surface area contributed by atoms with E-state index in [0.29, 0.717) is 5.56 Å². The number of phenolic OH excluding ortho intramolecular Hbond substituents is 1. The number of rotatable bonds is 12. The quantitative estimate of drug-likeness (QED) is 0.197. The van der Waals surface area contributed by atoms with Crippen molar-refractivity contribution in [1.82, 2.24) is 16.0 Å². The fourth-order valence-electron chi connectivity index (χ4n) is 3.12. The van der Waals surface area contributed by atoms with Gasteiger partial charge in [-0.1, -0.05) is 42.5 Å². The molecule has 3 amide bonds. The Morgan fingerprint density at radius 2 is 1.29 bits per heavy atom. The van der Waals surface area contributed by atoms with E-state index >= 15 is 0 Å². The highest BCUT2D eigenvalue weighted by atomic mass is 16.4. The number of aliphatic hydroxyl groups excluding tert-OH is 1. The van der Waals surface area contributed by atoms with Crippen molar-refractivity contribution in [1.29, 1.82) is 0 Å². The lowest BCUT2D eigenvalue weighted by Gasteiger charge is -2.23. The number of hydrogen-bond acceptors (Lipinski definition) is 7. The second kappa shape index (κ2) is 12.9. The van der Waals surface area contributed by atoms with Gasteiger partial charge in [0.2, 0.25) is 17.7 Å². The van der Waals surface area contributed by atoms with Gasteiger partial charge in [-0.15, -0.1) is 0 Å². The minimum absolute atomic E-state index is 0.00880. The van der Waals surface area contributed by atoms with Crippen LogP contribution in [-0.2, 0) is 32.0 Å². The van der Waals surface area contributed by atoms with Crippen LogP contribution in [0, 0.1) is 0 Å². The zero-order chi connectivity index (χ0) is 25.1. The van der Waals surface area contributed by atoms with Gasteiger partial charge < -0.3 is 37.0 Å². The van der Waals surface area contributed by atoms with Gasteiger partial charge in [-0.05, 0) is 23.3 Å². The first kappa shape index (κ1) is 26.3. The third-order valence-corrected chi connectivity index (χ3v) is 4.93. The molecular formula is C23H28N4O7. The summed E-state index contributed by atoms with van der Waals surface area (Å²) in [5, 5.41) is 35.6. The van der Waals surface area contributed by atoms with Crippen LogP contribution in [-0.4, -0.2) is 70.3 Å². The molecule has 0 aliphatic rings. The van der Waals surface area contributed by atoms with Crippen molar-refractivity contribution in [3.05, 3.63) is 65.7 Å². The van der Waals surface area contributed by atoms with Crippen LogP contribution in [0.2, 0.25) is 0 Å². The van der Waals surface area contributed by atoms with Crippen molar-refractivity contribution >= 4 is 23.7 Å². The van der Waals surface area contributed by atoms with E-state index in [1.165, 1.54) is 24.3 Å². The molecule has 0 radical (unpaired) electrons. The fourth-order valence-corrected chi connectivity index (χ4v) is 3.12. The Balaban J connectivity index is 2.08.